The van der Waals surface area contributed by atoms with Crippen molar-refractivity contribution in [3.8, 4) is 0 Å². The van der Waals surface area contributed by atoms with Crippen molar-refractivity contribution in [2.24, 2.45) is 0 Å². The maximum absolute atomic E-state index is 11.2. The minimum Gasteiger partial charge on any atom is -0.463 e. The number of nitrogens with zero attached hydrogens (tertiary/aromatic N) is 1. The molecule has 1 aromatic rings. The van der Waals surface area contributed by atoms with Gasteiger partial charge in [-0.2, -0.15) is 0 Å². The van der Waals surface area contributed by atoms with Crippen molar-refractivity contribution in [1.29, 1.82) is 0 Å². The SMILES string of the molecule is CCOC(=O)/C=C/CN1CCCc2cc(N)ccc21. The third-order valence-electron chi connectivity index (χ3n) is 3.18. The van der Waals surface area contributed by atoms with E-state index in [1.54, 1.807) is 6.92 Å². The van der Waals surface area contributed by atoms with E-state index in [0.717, 1.165) is 31.6 Å². The summed E-state index contributed by atoms with van der Waals surface area (Å²) < 4.78 is 4.86. The van der Waals surface area contributed by atoms with Gasteiger partial charge < -0.3 is 15.4 Å². The van der Waals surface area contributed by atoms with Crippen molar-refractivity contribution in [3.63, 3.8) is 0 Å². The Kier molecular flexibility index (Phi) is 4.44. The first-order chi connectivity index (χ1) is 9.20. The van der Waals surface area contributed by atoms with Crippen LogP contribution in [0.25, 0.3) is 0 Å². The first-order valence-electron chi connectivity index (χ1n) is 6.67. The normalized spacial score (nSPS) is 14.5. The fourth-order valence-corrected chi connectivity index (χ4v) is 2.35. The van der Waals surface area contributed by atoms with Gasteiger partial charge in [-0.15, -0.1) is 0 Å². The first kappa shape index (κ1) is 13.5. The molecule has 102 valence electrons. The zero-order chi connectivity index (χ0) is 13.7. The van der Waals surface area contributed by atoms with Crippen molar-refractivity contribution >= 4 is 17.3 Å². The van der Waals surface area contributed by atoms with Crippen molar-refractivity contribution in [2.75, 3.05) is 30.3 Å². The predicted molar refractivity (Wildman–Crippen MR) is 77.2 cm³/mol. The molecule has 2 N–H and O–H groups in total. The van der Waals surface area contributed by atoms with Crippen LogP contribution in [-0.4, -0.2) is 25.7 Å². The fourth-order valence-electron chi connectivity index (χ4n) is 2.35. The van der Waals surface area contributed by atoms with Crippen molar-refractivity contribution in [2.45, 2.75) is 19.8 Å². The smallest absolute Gasteiger partial charge is 0.330 e. The van der Waals surface area contributed by atoms with E-state index in [4.69, 9.17) is 10.5 Å². The Morgan fingerprint density at radius 1 is 1.53 bits per heavy atom. The molecule has 0 atom stereocenters. The van der Waals surface area contributed by atoms with E-state index in [-0.39, 0.29) is 5.97 Å². The highest BCUT2D eigenvalue weighted by Crippen LogP contribution is 2.28. The van der Waals surface area contributed by atoms with Crippen LogP contribution in [-0.2, 0) is 16.0 Å². The van der Waals surface area contributed by atoms with Crippen LogP contribution >= 0.6 is 0 Å². The van der Waals surface area contributed by atoms with Gasteiger partial charge in [0.15, 0.2) is 0 Å². The van der Waals surface area contributed by atoms with Crippen LogP contribution in [0.2, 0.25) is 0 Å². The molecule has 4 nitrogen and oxygen atoms in total. The average molecular weight is 260 g/mol. The first-order valence-corrected chi connectivity index (χ1v) is 6.67. The predicted octanol–water partition coefficient (Wildman–Crippen LogP) is 2.14. The van der Waals surface area contributed by atoms with Crippen LogP contribution in [0.15, 0.2) is 30.4 Å². The molecule has 1 heterocycles. The van der Waals surface area contributed by atoms with Gasteiger partial charge in [-0.25, -0.2) is 4.79 Å². The number of anilines is 2. The minimum absolute atomic E-state index is 0.281. The highest BCUT2D eigenvalue weighted by Gasteiger charge is 2.15. The Hall–Kier alpha value is -1.97. The second-order valence-corrected chi connectivity index (χ2v) is 4.59. The summed E-state index contributed by atoms with van der Waals surface area (Å²) in [5.41, 5.74) is 9.12. The van der Waals surface area contributed by atoms with Gasteiger partial charge in [-0.05, 0) is 43.5 Å². The summed E-state index contributed by atoms with van der Waals surface area (Å²) in [5.74, 6) is -0.281. The monoisotopic (exact) mass is 260 g/mol. The number of carbonyl (C=O) groups excluding carboxylic acids is 1. The second kappa shape index (κ2) is 6.27. The highest BCUT2D eigenvalue weighted by atomic mass is 16.5. The van der Waals surface area contributed by atoms with E-state index in [1.807, 2.05) is 18.2 Å². The molecule has 0 saturated carbocycles. The maximum Gasteiger partial charge on any atom is 0.330 e. The number of rotatable bonds is 4. The lowest BCUT2D eigenvalue weighted by molar-refractivity contribution is -0.137. The Bertz CT molecular complexity index is 483. The molecule has 0 aromatic heterocycles. The summed E-state index contributed by atoms with van der Waals surface area (Å²) in [6, 6.07) is 6.02. The molecule has 0 amide bonds. The molecule has 19 heavy (non-hydrogen) atoms. The molecule has 1 aliphatic rings. The number of nitrogens with two attached hydrogens (primary N) is 1. The molecule has 0 radical (unpaired) electrons. The third-order valence-corrected chi connectivity index (χ3v) is 3.18. The van der Waals surface area contributed by atoms with Crippen LogP contribution in [0.3, 0.4) is 0 Å². The van der Waals surface area contributed by atoms with E-state index in [1.165, 1.54) is 17.3 Å². The number of aryl methyl sites for hydroxylation is 1. The summed E-state index contributed by atoms with van der Waals surface area (Å²) in [6.45, 7) is 3.94. The lowest BCUT2D eigenvalue weighted by Crippen LogP contribution is -2.29. The highest BCUT2D eigenvalue weighted by molar-refractivity contribution is 5.82. The van der Waals surface area contributed by atoms with Crippen molar-refractivity contribution in [1.82, 2.24) is 0 Å². The van der Waals surface area contributed by atoms with Gasteiger partial charge in [0, 0.05) is 30.5 Å². The molecule has 0 aliphatic carbocycles. The number of nitrogen functional groups attached to an aromatic ring is 1. The lowest BCUT2D eigenvalue weighted by Gasteiger charge is -2.30. The van der Waals surface area contributed by atoms with E-state index in [2.05, 4.69) is 11.0 Å². The number of esters is 1. The molecule has 0 fully saturated rings. The molecule has 0 unspecified atom stereocenters. The molecule has 0 bridgehead atoms. The van der Waals surface area contributed by atoms with Gasteiger partial charge in [0.05, 0.1) is 6.61 Å². The Morgan fingerprint density at radius 3 is 3.16 bits per heavy atom. The number of hydrogen-bond donors (Lipinski definition) is 1. The molecule has 4 heteroatoms. The van der Waals surface area contributed by atoms with Gasteiger partial charge in [0.1, 0.15) is 0 Å². The molecule has 2 rings (SSSR count). The summed E-state index contributed by atoms with van der Waals surface area (Å²) >= 11 is 0. The molecule has 0 spiro atoms. The lowest BCUT2D eigenvalue weighted by atomic mass is 10.0. The Morgan fingerprint density at radius 2 is 2.37 bits per heavy atom. The number of fused-ring (bicyclic) bond motifs is 1. The Balaban J connectivity index is 2.02. The molecular formula is C15H20N2O2. The molecule has 1 aromatic carbocycles. The molecular weight excluding hydrogens is 240 g/mol. The number of benzene rings is 1. The van der Waals surface area contributed by atoms with Gasteiger partial charge in [0.2, 0.25) is 0 Å². The average Bonchev–Trinajstić information content (AvgIpc) is 2.39. The van der Waals surface area contributed by atoms with Crippen molar-refractivity contribution in [3.05, 3.63) is 35.9 Å². The van der Waals surface area contributed by atoms with Crippen LogP contribution < -0.4 is 10.6 Å². The third kappa shape index (κ3) is 3.50. The van der Waals surface area contributed by atoms with Gasteiger partial charge in [-0.1, -0.05) is 6.08 Å². The van der Waals surface area contributed by atoms with Crippen molar-refractivity contribution < 1.29 is 9.53 Å². The fraction of sp³-hybridized carbons (Fsp3) is 0.400. The quantitative estimate of drug-likeness (QED) is 0.512. The van der Waals surface area contributed by atoms with E-state index in [0.29, 0.717) is 6.61 Å². The molecule has 0 saturated heterocycles. The summed E-state index contributed by atoms with van der Waals surface area (Å²) in [4.78, 5) is 13.5. The molecule has 1 aliphatic heterocycles. The summed E-state index contributed by atoms with van der Waals surface area (Å²) in [5, 5.41) is 0. The van der Waals surface area contributed by atoms with Crippen LogP contribution in [0.1, 0.15) is 18.9 Å². The van der Waals surface area contributed by atoms with Gasteiger partial charge in [0.25, 0.3) is 0 Å². The van der Waals surface area contributed by atoms with E-state index < -0.39 is 0 Å². The van der Waals surface area contributed by atoms with Crippen LogP contribution in [0.5, 0.6) is 0 Å². The van der Waals surface area contributed by atoms with E-state index in [9.17, 15) is 4.79 Å². The minimum atomic E-state index is -0.281. The zero-order valence-corrected chi connectivity index (χ0v) is 11.3. The van der Waals surface area contributed by atoms with Crippen LogP contribution in [0, 0.1) is 0 Å². The zero-order valence-electron chi connectivity index (χ0n) is 11.3. The topological polar surface area (TPSA) is 55.6 Å². The largest absolute Gasteiger partial charge is 0.463 e. The van der Waals surface area contributed by atoms with Gasteiger partial charge >= 0.3 is 5.97 Å². The summed E-state index contributed by atoms with van der Waals surface area (Å²) in [7, 11) is 0. The standard InChI is InChI=1S/C15H20N2O2/c1-2-19-15(18)6-4-10-17-9-3-5-12-11-13(16)7-8-14(12)17/h4,6-8,11H,2-3,5,9-10,16H2,1H3/b6-4+. The maximum atomic E-state index is 11.2. The number of ether oxygens (including phenoxy) is 1. The van der Waals surface area contributed by atoms with Gasteiger partial charge in [-0.3, -0.25) is 0 Å². The van der Waals surface area contributed by atoms with Crippen LogP contribution in [0.4, 0.5) is 11.4 Å². The van der Waals surface area contributed by atoms with E-state index >= 15 is 0 Å². The Labute approximate surface area is 113 Å². The number of hydrogen-bond acceptors (Lipinski definition) is 4. The second-order valence-electron chi connectivity index (χ2n) is 4.59. The summed E-state index contributed by atoms with van der Waals surface area (Å²) in [6.07, 6.45) is 5.53. The number of carbonyl (C=O) groups is 1.